The van der Waals surface area contributed by atoms with Crippen LogP contribution < -0.4 is 5.19 Å². The molecule has 7 aromatic rings. The fourth-order valence-electron chi connectivity index (χ4n) is 7.50. The van der Waals surface area contributed by atoms with Crippen LogP contribution in [0.2, 0.25) is 13.1 Å². The normalized spacial score (nSPS) is 16.5. The van der Waals surface area contributed by atoms with Crippen molar-refractivity contribution < 1.29 is 0 Å². The zero-order valence-electron chi connectivity index (χ0n) is 23.6. The zero-order valence-corrected chi connectivity index (χ0v) is 25.4. The Morgan fingerprint density at radius 3 is 2.07 bits per heavy atom. The summed E-state index contributed by atoms with van der Waals surface area (Å²) < 4.78 is 2.52. The van der Waals surface area contributed by atoms with Crippen molar-refractivity contribution in [2.75, 3.05) is 0 Å². The topological polar surface area (TPSA) is 4.93 Å². The van der Waals surface area contributed by atoms with Gasteiger partial charge in [0.2, 0.25) is 0 Å². The van der Waals surface area contributed by atoms with E-state index in [-0.39, 0.29) is 0 Å². The first-order valence-electron chi connectivity index (χ1n) is 14.6. The monoisotopic (exact) mass is 570 g/mol. The SMILES string of the molecule is C[Si](C)c1ccc(-c2ccc3c(c2)C2(c4ccccc4S3)c3ccccc3-n3c4ccccc4c4cccc2c43)cc1. The number of aromatic nitrogens is 1. The number of fused-ring (bicyclic) bond motifs is 11. The number of rotatable bonds is 2. The van der Waals surface area contributed by atoms with Crippen LogP contribution in [-0.2, 0) is 5.41 Å². The van der Waals surface area contributed by atoms with Crippen molar-refractivity contribution in [3.63, 3.8) is 0 Å². The number of nitrogens with zero attached hydrogens (tertiary/aromatic N) is 1. The highest BCUT2D eigenvalue weighted by Crippen LogP contribution is 2.60. The first kappa shape index (κ1) is 24.3. The number of para-hydroxylation sites is 3. The summed E-state index contributed by atoms with van der Waals surface area (Å²) in [5.74, 6) is 0. The molecular weight excluding hydrogens is 543 g/mol. The lowest BCUT2D eigenvalue weighted by Gasteiger charge is -2.45. The third-order valence-corrected chi connectivity index (χ3v) is 12.0. The summed E-state index contributed by atoms with van der Waals surface area (Å²) in [6.45, 7) is 4.72. The summed E-state index contributed by atoms with van der Waals surface area (Å²) >= 11 is 1.91. The van der Waals surface area contributed by atoms with E-state index in [9.17, 15) is 0 Å². The van der Waals surface area contributed by atoms with Gasteiger partial charge in [-0.05, 0) is 63.7 Å². The lowest BCUT2D eigenvalue weighted by molar-refractivity contribution is 0.690. The van der Waals surface area contributed by atoms with Gasteiger partial charge in [0.1, 0.15) is 0 Å². The van der Waals surface area contributed by atoms with Crippen molar-refractivity contribution in [1.82, 2.24) is 4.57 Å². The Hall–Kier alpha value is -4.31. The lowest BCUT2D eigenvalue weighted by Crippen LogP contribution is -2.37. The van der Waals surface area contributed by atoms with E-state index in [0.29, 0.717) is 0 Å². The molecule has 0 amide bonds. The standard InChI is InChI=1S/C39H28NSSi/c1-42(2)27-21-18-25(19-22-27)26-20-23-37-33(24-26)39(31-13-5-8-17-36(31)41-37)30-12-4-7-16-35(30)40-34-15-6-3-10-28(34)29-11-9-14-32(39)38(29)40/h3-24H,1-2H3. The second kappa shape index (κ2) is 8.84. The molecule has 0 saturated carbocycles. The molecule has 1 atom stereocenters. The van der Waals surface area contributed by atoms with Crippen LogP contribution in [0.4, 0.5) is 0 Å². The van der Waals surface area contributed by atoms with Crippen LogP contribution in [0.1, 0.15) is 22.3 Å². The molecule has 0 fully saturated rings. The fraction of sp³-hybridized carbons (Fsp3) is 0.0769. The van der Waals surface area contributed by atoms with Crippen LogP contribution in [-0.4, -0.2) is 13.4 Å². The Bertz CT molecular complexity index is 2210. The first-order valence-corrected chi connectivity index (χ1v) is 17.9. The summed E-state index contributed by atoms with van der Waals surface area (Å²) in [6, 6.07) is 50.5. The predicted molar refractivity (Wildman–Crippen MR) is 179 cm³/mol. The molecule has 199 valence electrons. The minimum Gasteiger partial charge on any atom is -0.309 e. The number of hydrogen-bond donors (Lipinski definition) is 0. The Kier molecular flexibility index (Phi) is 5.12. The van der Waals surface area contributed by atoms with E-state index in [1.807, 2.05) is 11.8 Å². The van der Waals surface area contributed by atoms with E-state index in [2.05, 4.69) is 151 Å². The molecule has 1 nitrogen and oxygen atoms in total. The second-order valence-electron chi connectivity index (χ2n) is 11.7. The van der Waals surface area contributed by atoms with Gasteiger partial charge >= 0.3 is 0 Å². The molecule has 0 saturated heterocycles. The van der Waals surface area contributed by atoms with Crippen molar-refractivity contribution in [3.8, 4) is 16.8 Å². The third-order valence-electron chi connectivity index (χ3n) is 9.34. The van der Waals surface area contributed by atoms with Crippen molar-refractivity contribution >= 4 is 47.6 Å². The third kappa shape index (κ3) is 3.10. The van der Waals surface area contributed by atoms with Gasteiger partial charge in [0, 0.05) is 20.6 Å². The van der Waals surface area contributed by atoms with Gasteiger partial charge in [-0.1, -0.05) is 133 Å². The highest BCUT2D eigenvalue weighted by atomic mass is 32.2. The van der Waals surface area contributed by atoms with Gasteiger partial charge < -0.3 is 4.57 Å². The van der Waals surface area contributed by atoms with Gasteiger partial charge in [0.15, 0.2) is 0 Å². The van der Waals surface area contributed by atoms with Crippen LogP contribution in [0.3, 0.4) is 0 Å². The molecule has 0 aliphatic carbocycles. The zero-order chi connectivity index (χ0) is 28.0. The summed E-state index contributed by atoms with van der Waals surface area (Å²) in [5, 5.41) is 4.10. The minimum absolute atomic E-state index is 0.434. The van der Waals surface area contributed by atoms with Crippen molar-refractivity contribution in [2.45, 2.75) is 28.3 Å². The smallest absolute Gasteiger partial charge is 0.0791 e. The van der Waals surface area contributed by atoms with E-state index >= 15 is 0 Å². The maximum Gasteiger partial charge on any atom is 0.0791 e. The first-order chi connectivity index (χ1) is 20.7. The molecule has 1 spiro atoms. The van der Waals surface area contributed by atoms with Crippen LogP contribution in [0.15, 0.2) is 143 Å². The highest BCUT2D eigenvalue weighted by molar-refractivity contribution is 7.99. The van der Waals surface area contributed by atoms with Crippen LogP contribution >= 0.6 is 11.8 Å². The Morgan fingerprint density at radius 2 is 1.21 bits per heavy atom. The van der Waals surface area contributed by atoms with Gasteiger partial charge in [-0.25, -0.2) is 0 Å². The molecule has 2 aliphatic rings. The number of benzene rings is 6. The van der Waals surface area contributed by atoms with E-state index < -0.39 is 14.2 Å². The summed E-state index contributed by atoms with van der Waals surface area (Å²) in [5.41, 5.74) is 11.4. The molecular formula is C39H28NSSi. The van der Waals surface area contributed by atoms with E-state index in [0.717, 1.165) is 0 Å². The average molecular weight is 571 g/mol. The maximum atomic E-state index is 2.52. The predicted octanol–water partition coefficient (Wildman–Crippen LogP) is 9.57. The van der Waals surface area contributed by atoms with Crippen molar-refractivity contribution in [2.24, 2.45) is 0 Å². The van der Waals surface area contributed by atoms with Gasteiger partial charge in [-0.3, -0.25) is 0 Å². The van der Waals surface area contributed by atoms with E-state index in [1.54, 1.807) is 0 Å². The molecule has 6 aromatic carbocycles. The molecule has 1 radical (unpaired) electrons. The van der Waals surface area contributed by atoms with E-state index in [4.69, 9.17) is 0 Å². The van der Waals surface area contributed by atoms with Gasteiger partial charge in [0.05, 0.1) is 30.9 Å². The molecule has 1 unspecified atom stereocenters. The van der Waals surface area contributed by atoms with Crippen LogP contribution in [0, 0.1) is 0 Å². The lowest BCUT2D eigenvalue weighted by atomic mass is 9.62. The molecule has 0 N–H and O–H groups in total. The minimum atomic E-state index is -0.479. The number of hydrogen-bond acceptors (Lipinski definition) is 1. The molecule has 2 aliphatic heterocycles. The Labute approximate surface area is 252 Å². The maximum absolute atomic E-state index is 2.52. The highest BCUT2D eigenvalue weighted by Gasteiger charge is 2.49. The molecule has 0 bridgehead atoms. The fourth-order valence-corrected chi connectivity index (χ4v) is 9.51. The van der Waals surface area contributed by atoms with Crippen LogP contribution in [0.25, 0.3) is 38.6 Å². The van der Waals surface area contributed by atoms with Crippen molar-refractivity contribution in [1.29, 1.82) is 0 Å². The van der Waals surface area contributed by atoms with Gasteiger partial charge in [0.25, 0.3) is 0 Å². The Morgan fingerprint density at radius 1 is 0.548 bits per heavy atom. The van der Waals surface area contributed by atoms with Gasteiger partial charge in [-0.2, -0.15) is 0 Å². The average Bonchev–Trinajstić information content (AvgIpc) is 3.38. The molecule has 3 heteroatoms. The molecule has 3 heterocycles. The Balaban J connectivity index is 1.44. The summed E-state index contributed by atoms with van der Waals surface area (Å²) in [6.07, 6.45) is 0. The summed E-state index contributed by atoms with van der Waals surface area (Å²) in [4.78, 5) is 2.66. The summed E-state index contributed by atoms with van der Waals surface area (Å²) in [7, 11) is -0.479. The van der Waals surface area contributed by atoms with E-state index in [1.165, 1.54) is 75.9 Å². The quantitative estimate of drug-likeness (QED) is 0.187. The van der Waals surface area contributed by atoms with Crippen LogP contribution in [0.5, 0.6) is 0 Å². The molecule has 42 heavy (non-hydrogen) atoms. The van der Waals surface area contributed by atoms with Gasteiger partial charge in [-0.15, -0.1) is 0 Å². The largest absolute Gasteiger partial charge is 0.309 e. The molecule has 1 aromatic heterocycles. The van der Waals surface area contributed by atoms with Crippen molar-refractivity contribution in [3.05, 3.63) is 156 Å². The molecule has 9 rings (SSSR count). The second-order valence-corrected chi connectivity index (χ2v) is 15.4.